The van der Waals surface area contributed by atoms with Crippen molar-refractivity contribution >= 4 is 17.5 Å². The molecule has 0 radical (unpaired) electrons. The van der Waals surface area contributed by atoms with Gasteiger partial charge in [-0.15, -0.1) is 0 Å². The molecule has 0 atom stereocenters. The molecule has 0 aliphatic carbocycles. The Labute approximate surface area is 114 Å². The first-order chi connectivity index (χ1) is 9.03. The predicted octanol–water partition coefficient (Wildman–Crippen LogP) is 3.24. The molecule has 0 heterocycles. The van der Waals surface area contributed by atoms with Gasteiger partial charge in [0.25, 0.3) is 5.69 Å². The molecule has 0 aliphatic rings. The number of nitro benzene ring substituents is 1. The molecule has 1 rings (SSSR count). The monoisotopic (exact) mass is 288 g/mol. The molecule has 1 amide bonds. The first-order valence-electron chi connectivity index (χ1n) is 5.63. The third kappa shape index (κ3) is 3.62. The number of carbonyl (C=O) groups excluding carboxylic acids is 1. The third-order valence-corrected chi connectivity index (χ3v) is 2.24. The van der Waals surface area contributed by atoms with Crippen molar-refractivity contribution in [3.05, 3.63) is 33.9 Å². The van der Waals surface area contributed by atoms with E-state index in [0.717, 1.165) is 4.90 Å². The molecular weight excluding hydrogens is 274 g/mol. The van der Waals surface area contributed by atoms with Crippen molar-refractivity contribution in [3.63, 3.8) is 0 Å². The van der Waals surface area contributed by atoms with Crippen LogP contribution in [0.2, 0.25) is 0 Å². The second-order valence-corrected chi connectivity index (χ2v) is 5.05. The number of rotatable bonds is 2. The topological polar surface area (TPSA) is 72.7 Å². The van der Waals surface area contributed by atoms with E-state index in [4.69, 9.17) is 4.74 Å². The molecule has 0 bridgehead atoms. The highest BCUT2D eigenvalue weighted by Crippen LogP contribution is 2.30. The van der Waals surface area contributed by atoms with E-state index in [1.54, 1.807) is 20.8 Å². The molecule has 8 heteroatoms. The van der Waals surface area contributed by atoms with Crippen molar-refractivity contribution in [2.75, 3.05) is 11.9 Å². The summed E-state index contributed by atoms with van der Waals surface area (Å²) in [6.45, 7) is 4.83. The van der Waals surface area contributed by atoms with Gasteiger partial charge in [-0.1, -0.05) is 0 Å². The van der Waals surface area contributed by atoms with Gasteiger partial charge in [0.1, 0.15) is 11.3 Å². The minimum absolute atomic E-state index is 0.386. The van der Waals surface area contributed by atoms with Crippen LogP contribution in [0.1, 0.15) is 20.8 Å². The number of hydrogen-bond donors (Lipinski definition) is 0. The van der Waals surface area contributed by atoms with Gasteiger partial charge in [-0.2, -0.15) is 0 Å². The summed E-state index contributed by atoms with van der Waals surface area (Å²) in [5.41, 5.74) is -1.93. The molecule has 1 aromatic carbocycles. The first kappa shape index (κ1) is 15.8. The second kappa shape index (κ2) is 5.40. The molecule has 0 saturated heterocycles. The third-order valence-electron chi connectivity index (χ3n) is 2.24. The molecule has 0 saturated carbocycles. The van der Waals surface area contributed by atoms with Crippen molar-refractivity contribution in [2.24, 2.45) is 0 Å². The van der Waals surface area contributed by atoms with E-state index in [9.17, 15) is 23.7 Å². The van der Waals surface area contributed by atoms with Crippen LogP contribution in [-0.4, -0.2) is 23.7 Å². The van der Waals surface area contributed by atoms with Gasteiger partial charge in [-0.25, -0.2) is 13.6 Å². The number of ether oxygens (including phenoxy) is 1. The Morgan fingerprint density at radius 1 is 1.30 bits per heavy atom. The van der Waals surface area contributed by atoms with E-state index in [1.807, 2.05) is 0 Å². The van der Waals surface area contributed by atoms with Crippen LogP contribution in [0.4, 0.5) is 25.0 Å². The first-order valence-corrected chi connectivity index (χ1v) is 5.63. The zero-order valence-electron chi connectivity index (χ0n) is 11.4. The molecule has 6 nitrogen and oxygen atoms in total. The van der Waals surface area contributed by atoms with Crippen LogP contribution >= 0.6 is 0 Å². The minimum atomic E-state index is -1.36. The summed E-state index contributed by atoms with van der Waals surface area (Å²) in [5, 5.41) is 10.8. The largest absolute Gasteiger partial charge is 0.443 e. The van der Waals surface area contributed by atoms with E-state index in [0.29, 0.717) is 12.1 Å². The lowest BCUT2D eigenvalue weighted by Gasteiger charge is -2.24. The molecule has 0 aliphatic heterocycles. The van der Waals surface area contributed by atoms with Gasteiger partial charge in [-0.05, 0) is 20.8 Å². The highest BCUT2D eigenvalue weighted by Gasteiger charge is 2.27. The van der Waals surface area contributed by atoms with Gasteiger partial charge in [0.2, 0.25) is 0 Å². The fraction of sp³-hybridized carbons (Fsp3) is 0.417. The average Bonchev–Trinajstić information content (AvgIpc) is 2.28. The van der Waals surface area contributed by atoms with Gasteiger partial charge in [0.15, 0.2) is 11.6 Å². The molecule has 0 N–H and O–H groups in total. The number of nitrogens with zero attached hydrogens (tertiary/aromatic N) is 2. The number of hydrogen-bond acceptors (Lipinski definition) is 4. The number of benzene rings is 1. The van der Waals surface area contributed by atoms with Crippen molar-refractivity contribution < 1.29 is 23.2 Å². The summed E-state index contributed by atoms with van der Waals surface area (Å²) in [7, 11) is 1.17. The smallest absolute Gasteiger partial charge is 0.414 e. The Kier molecular flexibility index (Phi) is 4.26. The number of carbonyl (C=O) groups is 1. The molecule has 0 aromatic heterocycles. The number of amides is 1. The van der Waals surface area contributed by atoms with E-state index >= 15 is 0 Å². The average molecular weight is 288 g/mol. The van der Waals surface area contributed by atoms with Crippen molar-refractivity contribution in [1.82, 2.24) is 0 Å². The van der Waals surface area contributed by atoms with Crippen LogP contribution in [0, 0.1) is 21.7 Å². The zero-order valence-corrected chi connectivity index (χ0v) is 11.4. The normalized spacial score (nSPS) is 11.1. The van der Waals surface area contributed by atoms with Crippen molar-refractivity contribution in [2.45, 2.75) is 26.4 Å². The zero-order chi connectivity index (χ0) is 15.7. The molecule has 0 spiro atoms. The fourth-order valence-corrected chi connectivity index (χ4v) is 1.37. The van der Waals surface area contributed by atoms with Gasteiger partial charge in [-0.3, -0.25) is 15.0 Å². The van der Waals surface area contributed by atoms with Gasteiger partial charge in [0, 0.05) is 13.1 Å². The summed E-state index contributed by atoms with van der Waals surface area (Å²) in [6, 6.07) is 1.00. The van der Waals surface area contributed by atoms with Crippen LogP contribution in [0.25, 0.3) is 0 Å². The Morgan fingerprint density at radius 2 is 1.80 bits per heavy atom. The summed E-state index contributed by atoms with van der Waals surface area (Å²) < 4.78 is 31.3. The Bertz CT molecular complexity index is 555. The number of halogens is 2. The summed E-state index contributed by atoms with van der Waals surface area (Å²) >= 11 is 0. The van der Waals surface area contributed by atoms with Crippen LogP contribution < -0.4 is 4.90 Å². The molecule has 1 aromatic rings. The quantitative estimate of drug-likeness (QED) is 0.618. The molecule has 0 unspecified atom stereocenters. The van der Waals surface area contributed by atoms with Crippen LogP contribution in [0.3, 0.4) is 0 Å². The SMILES string of the molecule is CN(C(=O)OC(C)(C)C)c1cc(F)c(F)cc1[N+](=O)[O-]. The van der Waals surface area contributed by atoms with Crippen molar-refractivity contribution in [1.29, 1.82) is 0 Å². The predicted molar refractivity (Wildman–Crippen MR) is 67.6 cm³/mol. The number of nitro groups is 1. The van der Waals surface area contributed by atoms with Gasteiger partial charge >= 0.3 is 6.09 Å². The molecule has 0 fully saturated rings. The van der Waals surface area contributed by atoms with Crippen LogP contribution in [0.5, 0.6) is 0 Å². The Hall–Kier alpha value is -2.25. The second-order valence-electron chi connectivity index (χ2n) is 5.05. The minimum Gasteiger partial charge on any atom is -0.443 e. The highest BCUT2D eigenvalue weighted by molar-refractivity contribution is 5.90. The van der Waals surface area contributed by atoms with Crippen LogP contribution in [-0.2, 0) is 4.74 Å². The van der Waals surface area contributed by atoms with Gasteiger partial charge < -0.3 is 4.74 Å². The van der Waals surface area contributed by atoms with Gasteiger partial charge in [0.05, 0.1) is 11.0 Å². The lowest BCUT2D eigenvalue weighted by atomic mass is 10.2. The molecule has 110 valence electrons. The highest BCUT2D eigenvalue weighted by atomic mass is 19.2. The molecular formula is C12H14F2N2O4. The maximum atomic E-state index is 13.2. The maximum absolute atomic E-state index is 13.2. The van der Waals surface area contributed by atoms with Crippen LogP contribution in [0.15, 0.2) is 12.1 Å². The maximum Gasteiger partial charge on any atom is 0.414 e. The lowest BCUT2D eigenvalue weighted by molar-refractivity contribution is -0.384. The fourth-order valence-electron chi connectivity index (χ4n) is 1.37. The lowest BCUT2D eigenvalue weighted by Crippen LogP contribution is -2.34. The number of anilines is 1. The van der Waals surface area contributed by atoms with Crippen molar-refractivity contribution in [3.8, 4) is 0 Å². The summed E-state index contributed by atoms with van der Waals surface area (Å²) in [5.74, 6) is -2.65. The Morgan fingerprint density at radius 3 is 2.25 bits per heavy atom. The Balaban J connectivity index is 3.21. The molecule has 20 heavy (non-hydrogen) atoms. The van der Waals surface area contributed by atoms with E-state index in [1.165, 1.54) is 7.05 Å². The summed E-state index contributed by atoms with van der Waals surface area (Å²) in [4.78, 5) is 22.5. The standard InChI is InChI=1S/C12H14F2N2O4/c1-12(2,3)20-11(17)15(4)9-5-7(13)8(14)6-10(9)16(18)19/h5-6H,1-4H3. The van der Waals surface area contributed by atoms with E-state index in [-0.39, 0.29) is 5.69 Å². The van der Waals surface area contributed by atoms with E-state index in [2.05, 4.69) is 0 Å². The summed E-state index contributed by atoms with van der Waals surface area (Å²) in [6.07, 6.45) is -0.911. The van der Waals surface area contributed by atoms with E-state index < -0.39 is 33.9 Å².